The van der Waals surface area contributed by atoms with Crippen molar-refractivity contribution >= 4 is 5.84 Å². The number of amidine groups is 1. The van der Waals surface area contributed by atoms with Crippen molar-refractivity contribution in [1.29, 1.82) is 5.41 Å². The average molecular weight is 219 g/mol. The van der Waals surface area contributed by atoms with Gasteiger partial charge in [0, 0.05) is 12.1 Å². The summed E-state index contributed by atoms with van der Waals surface area (Å²) >= 11 is 0. The highest BCUT2D eigenvalue weighted by Gasteiger charge is 2.12. The van der Waals surface area contributed by atoms with Crippen LogP contribution < -0.4 is 11.1 Å². The van der Waals surface area contributed by atoms with Crippen LogP contribution in [0.5, 0.6) is 0 Å². The smallest absolute Gasteiger partial charge is 0.172 e. The molecule has 0 aromatic heterocycles. The van der Waals surface area contributed by atoms with Crippen molar-refractivity contribution in [3.8, 4) is 0 Å². The third-order valence-electron chi connectivity index (χ3n) is 2.78. The number of nitrogens with one attached hydrogen (secondary N) is 2. The van der Waals surface area contributed by atoms with Gasteiger partial charge in [-0.05, 0) is 25.0 Å². The fourth-order valence-electron chi connectivity index (χ4n) is 1.80. The molecule has 2 heterocycles. The second kappa shape index (κ2) is 4.99. The monoisotopic (exact) mass is 219 g/mol. The molecule has 0 bridgehead atoms. The van der Waals surface area contributed by atoms with Crippen molar-refractivity contribution < 1.29 is 4.74 Å². The molecule has 16 heavy (non-hydrogen) atoms. The van der Waals surface area contributed by atoms with Gasteiger partial charge in [-0.3, -0.25) is 5.41 Å². The number of allylic oxidation sites excluding steroid dienone is 3. The van der Waals surface area contributed by atoms with E-state index in [0.29, 0.717) is 5.92 Å². The molecule has 4 heteroatoms. The minimum Gasteiger partial charge on any atom is -0.485 e. The summed E-state index contributed by atoms with van der Waals surface area (Å²) < 4.78 is 5.30. The van der Waals surface area contributed by atoms with Crippen LogP contribution in [0.25, 0.3) is 0 Å². The molecule has 0 aliphatic carbocycles. The van der Waals surface area contributed by atoms with Crippen molar-refractivity contribution in [3.63, 3.8) is 0 Å². The van der Waals surface area contributed by atoms with E-state index in [1.165, 1.54) is 6.42 Å². The van der Waals surface area contributed by atoms with Gasteiger partial charge in [0.25, 0.3) is 0 Å². The van der Waals surface area contributed by atoms with Gasteiger partial charge in [0.15, 0.2) is 6.10 Å². The van der Waals surface area contributed by atoms with E-state index in [1.54, 1.807) is 12.3 Å². The summed E-state index contributed by atoms with van der Waals surface area (Å²) in [6.07, 6.45) is 10.5. The summed E-state index contributed by atoms with van der Waals surface area (Å²) in [4.78, 5) is 0. The number of ether oxygens (including phenoxy) is 1. The topological polar surface area (TPSA) is 71.1 Å². The average Bonchev–Trinajstić information content (AvgIpc) is 2.80. The highest BCUT2D eigenvalue weighted by Crippen LogP contribution is 2.14. The van der Waals surface area contributed by atoms with Gasteiger partial charge in [-0.15, -0.1) is 0 Å². The molecule has 1 fully saturated rings. The zero-order chi connectivity index (χ0) is 11.4. The van der Waals surface area contributed by atoms with E-state index in [9.17, 15) is 0 Å². The van der Waals surface area contributed by atoms with E-state index in [2.05, 4.69) is 17.5 Å². The maximum Gasteiger partial charge on any atom is 0.172 e. The van der Waals surface area contributed by atoms with Crippen molar-refractivity contribution in [3.05, 3.63) is 36.1 Å². The van der Waals surface area contributed by atoms with Gasteiger partial charge in [-0.2, -0.15) is 0 Å². The molecule has 0 amide bonds. The quantitative estimate of drug-likeness (QED) is 0.488. The lowest BCUT2D eigenvalue weighted by Gasteiger charge is -2.15. The molecule has 0 aromatic carbocycles. The summed E-state index contributed by atoms with van der Waals surface area (Å²) in [5, 5.41) is 10.6. The van der Waals surface area contributed by atoms with Crippen LogP contribution in [0.1, 0.15) is 6.42 Å². The largest absolute Gasteiger partial charge is 0.485 e. The molecule has 2 atom stereocenters. The first-order valence-electron chi connectivity index (χ1n) is 5.52. The lowest BCUT2D eigenvalue weighted by Crippen LogP contribution is -2.28. The van der Waals surface area contributed by atoms with E-state index in [4.69, 9.17) is 15.9 Å². The highest BCUT2D eigenvalue weighted by molar-refractivity contribution is 5.84. The van der Waals surface area contributed by atoms with Crippen LogP contribution in [0.2, 0.25) is 0 Å². The number of rotatable bonds is 3. The first kappa shape index (κ1) is 11.0. The Hall–Kier alpha value is -1.55. The van der Waals surface area contributed by atoms with Gasteiger partial charge < -0.3 is 15.8 Å². The predicted octanol–water partition coefficient (Wildman–Crippen LogP) is 0.927. The molecule has 4 N–H and O–H groups in total. The Balaban J connectivity index is 1.88. The fraction of sp³-hybridized carbons (Fsp3) is 0.417. The van der Waals surface area contributed by atoms with Gasteiger partial charge in [0.2, 0.25) is 0 Å². The van der Waals surface area contributed by atoms with E-state index >= 15 is 0 Å². The van der Waals surface area contributed by atoms with Crippen LogP contribution in [-0.4, -0.2) is 25.0 Å². The van der Waals surface area contributed by atoms with Crippen LogP contribution in [-0.2, 0) is 4.74 Å². The molecular formula is C12H17N3O. The molecule has 1 unspecified atom stereocenters. The Morgan fingerprint density at radius 3 is 3.06 bits per heavy atom. The van der Waals surface area contributed by atoms with E-state index in [0.717, 1.165) is 18.7 Å². The standard InChI is InChI=1S/C12H17N3O/c13-12(14)11-4-3-10(8-16-11)2-1-9-5-6-15-7-9/h1-4,8-9,11,15H,5-7H2,(H3,13,14)/b2-1+/t9?,11-/m1/s1. The normalized spacial score (nSPS) is 29.1. The molecule has 0 radical (unpaired) electrons. The minimum atomic E-state index is -0.398. The zero-order valence-electron chi connectivity index (χ0n) is 9.15. The van der Waals surface area contributed by atoms with E-state index < -0.39 is 6.10 Å². The minimum absolute atomic E-state index is 0.0375. The van der Waals surface area contributed by atoms with Crippen molar-refractivity contribution in [2.24, 2.45) is 11.7 Å². The van der Waals surface area contributed by atoms with Crippen molar-refractivity contribution in [2.75, 3.05) is 13.1 Å². The van der Waals surface area contributed by atoms with Gasteiger partial charge in [0.1, 0.15) is 5.84 Å². The molecule has 2 rings (SSSR count). The lowest BCUT2D eigenvalue weighted by molar-refractivity contribution is 0.235. The van der Waals surface area contributed by atoms with Gasteiger partial charge in [0.05, 0.1) is 6.26 Å². The summed E-state index contributed by atoms with van der Waals surface area (Å²) in [7, 11) is 0. The Labute approximate surface area is 95.4 Å². The molecule has 0 spiro atoms. The summed E-state index contributed by atoms with van der Waals surface area (Å²) in [6.45, 7) is 2.16. The Morgan fingerprint density at radius 1 is 1.62 bits per heavy atom. The van der Waals surface area contributed by atoms with Crippen LogP contribution in [0.3, 0.4) is 0 Å². The molecule has 4 nitrogen and oxygen atoms in total. The first-order chi connectivity index (χ1) is 7.75. The molecule has 86 valence electrons. The van der Waals surface area contributed by atoms with E-state index in [1.807, 2.05) is 6.08 Å². The maximum atomic E-state index is 7.24. The third-order valence-corrected chi connectivity index (χ3v) is 2.78. The number of hydrogen-bond donors (Lipinski definition) is 3. The van der Waals surface area contributed by atoms with Crippen LogP contribution in [0.4, 0.5) is 0 Å². The van der Waals surface area contributed by atoms with Crippen LogP contribution >= 0.6 is 0 Å². The fourth-order valence-corrected chi connectivity index (χ4v) is 1.80. The molecule has 0 saturated carbocycles. The van der Waals surface area contributed by atoms with Gasteiger partial charge >= 0.3 is 0 Å². The third kappa shape index (κ3) is 2.73. The first-order valence-corrected chi connectivity index (χ1v) is 5.52. The Morgan fingerprint density at radius 2 is 2.50 bits per heavy atom. The molecule has 0 aromatic rings. The van der Waals surface area contributed by atoms with Gasteiger partial charge in [-0.1, -0.05) is 18.2 Å². The SMILES string of the molecule is N=C(N)[C@H]1C=CC(/C=C/C2CCNC2)=CO1. The molecule has 2 aliphatic heterocycles. The summed E-state index contributed by atoms with van der Waals surface area (Å²) in [5.74, 6) is 0.662. The predicted molar refractivity (Wildman–Crippen MR) is 64.1 cm³/mol. The molecule has 1 saturated heterocycles. The summed E-state index contributed by atoms with van der Waals surface area (Å²) in [5.41, 5.74) is 6.36. The highest BCUT2D eigenvalue weighted by atomic mass is 16.5. The van der Waals surface area contributed by atoms with Crippen LogP contribution in [0.15, 0.2) is 36.1 Å². The Bertz CT molecular complexity index is 351. The second-order valence-corrected chi connectivity index (χ2v) is 4.10. The number of nitrogens with two attached hydrogens (primary N) is 1. The van der Waals surface area contributed by atoms with Crippen molar-refractivity contribution in [2.45, 2.75) is 12.5 Å². The van der Waals surface area contributed by atoms with E-state index in [-0.39, 0.29) is 5.84 Å². The lowest BCUT2D eigenvalue weighted by atomic mass is 10.1. The Kier molecular flexibility index (Phi) is 3.41. The van der Waals surface area contributed by atoms with Crippen molar-refractivity contribution in [1.82, 2.24) is 5.32 Å². The maximum absolute atomic E-state index is 7.24. The zero-order valence-corrected chi connectivity index (χ0v) is 9.15. The van der Waals surface area contributed by atoms with Crippen LogP contribution in [0, 0.1) is 11.3 Å². The summed E-state index contributed by atoms with van der Waals surface area (Å²) in [6, 6.07) is 0. The molecular weight excluding hydrogens is 202 g/mol. The second-order valence-electron chi connectivity index (χ2n) is 4.10. The number of hydrogen-bond acceptors (Lipinski definition) is 3. The molecule has 2 aliphatic rings. The van der Waals surface area contributed by atoms with Gasteiger partial charge in [-0.25, -0.2) is 0 Å².